The molecule has 0 unspecified atom stereocenters. The second kappa shape index (κ2) is 7.67. The van der Waals surface area contributed by atoms with Crippen molar-refractivity contribution in [2.75, 3.05) is 20.1 Å². The predicted molar refractivity (Wildman–Crippen MR) is 94.8 cm³/mol. The van der Waals surface area contributed by atoms with Crippen LogP contribution in [0.3, 0.4) is 0 Å². The lowest BCUT2D eigenvalue weighted by molar-refractivity contribution is -0.133. The van der Waals surface area contributed by atoms with Crippen molar-refractivity contribution in [1.29, 1.82) is 0 Å². The third-order valence-electron chi connectivity index (χ3n) is 5.49. The maximum absolute atomic E-state index is 12.8. The molecule has 1 aromatic carbocycles. The van der Waals surface area contributed by atoms with E-state index in [4.69, 9.17) is 11.6 Å². The van der Waals surface area contributed by atoms with E-state index in [9.17, 15) is 4.79 Å². The average molecular weight is 335 g/mol. The van der Waals surface area contributed by atoms with Crippen LogP contribution in [0.1, 0.15) is 44.1 Å². The number of amides is 1. The van der Waals surface area contributed by atoms with Crippen LogP contribution in [0.2, 0.25) is 5.02 Å². The summed E-state index contributed by atoms with van der Waals surface area (Å²) in [5.74, 6) is 0.189. The summed E-state index contributed by atoms with van der Waals surface area (Å²) in [6.07, 6.45) is 7.91. The average Bonchev–Trinajstić information content (AvgIpc) is 3.10. The highest BCUT2D eigenvalue weighted by Crippen LogP contribution is 2.29. The fourth-order valence-electron chi connectivity index (χ4n) is 4.16. The molecular weight excluding hydrogens is 308 g/mol. The van der Waals surface area contributed by atoms with Crippen molar-refractivity contribution in [3.63, 3.8) is 0 Å². The Hall–Kier alpha value is -1.06. The molecule has 2 atom stereocenters. The molecular formula is C19H27ClN2O. The van der Waals surface area contributed by atoms with E-state index in [2.05, 4.69) is 4.90 Å². The number of likely N-dealkylation sites (tertiary alicyclic amines) is 1. The number of rotatable bonds is 4. The van der Waals surface area contributed by atoms with Gasteiger partial charge in [0.25, 0.3) is 0 Å². The molecule has 1 heterocycles. The lowest BCUT2D eigenvalue weighted by Crippen LogP contribution is -2.53. The van der Waals surface area contributed by atoms with Crippen molar-refractivity contribution < 1.29 is 4.79 Å². The lowest BCUT2D eigenvalue weighted by atomic mass is 9.88. The zero-order valence-corrected chi connectivity index (χ0v) is 14.8. The van der Waals surface area contributed by atoms with E-state index < -0.39 is 0 Å². The van der Waals surface area contributed by atoms with Gasteiger partial charge in [-0.3, -0.25) is 9.69 Å². The molecule has 2 fully saturated rings. The van der Waals surface area contributed by atoms with E-state index in [1.807, 2.05) is 36.2 Å². The van der Waals surface area contributed by atoms with Crippen molar-refractivity contribution >= 4 is 17.5 Å². The third kappa shape index (κ3) is 3.89. The molecule has 4 heteroatoms. The molecule has 1 aromatic rings. The monoisotopic (exact) mass is 334 g/mol. The van der Waals surface area contributed by atoms with Crippen LogP contribution in [0.4, 0.5) is 0 Å². The Balaban J connectivity index is 1.68. The Kier molecular flexibility index (Phi) is 5.60. The molecule has 0 radical (unpaired) electrons. The third-order valence-corrected chi connectivity index (χ3v) is 5.86. The Bertz CT molecular complexity index is 542. The highest BCUT2D eigenvalue weighted by molar-refractivity contribution is 6.31. The van der Waals surface area contributed by atoms with Crippen LogP contribution in [-0.2, 0) is 11.2 Å². The van der Waals surface area contributed by atoms with E-state index in [1.165, 1.54) is 45.2 Å². The summed E-state index contributed by atoms with van der Waals surface area (Å²) < 4.78 is 0. The summed E-state index contributed by atoms with van der Waals surface area (Å²) in [5, 5.41) is 0.689. The normalized spacial score (nSPS) is 25.5. The van der Waals surface area contributed by atoms with Gasteiger partial charge in [0.05, 0.1) is 6.42 Å². The van der Waals surface area contributed by atoms with Gasteiger partial charge in [-0.1, -0.05) is 42.6 Å². The van der Waals surface area contributed by atoms with Crippen molar-refractivity contribution in [1.82, 2.24) is 9.80 Å². The molecule has 1 saturated carbocycles. The van der Waals surface area contributed by atoms with E-state index >= 15 is 0 Å². The molecule has 2 aliphatic rings. The summed E-state index contributed by atoms with van der Waals surface area (Å²) in [4.78, 5) is 17.4. The molecule has 1 saturated heterocycles. The molecule has 0 N–H and O–H groups in total. The number of carbonyl (C=O) groups is 1. The van der Waals surface area contributed by atoms with E-state index in [-0.39, 0.29) is 5.91 Å². The molecule has 0 bridgehead atoms. The zero-order valence-electron chi connectivity index (χ0n) is 14.0. The zero-order chi connectivity index (χ0) is 16.2. The molecule has 0 spiro atoms. The van der Waals surface area contributed by atoms with Gasteiger partial charge < -0.3 is 4.90 Å². The molecule has 3 rings (SSSR count). The standard InChI is InChI=1S/C19H27ClN2O/c1-21(19(23)14-15-8-2-3-9-16(15)20)17-10-4-5-11-18(17)22-12-6-7-13-22/h2-3,8-9,17-18H,4-7,10-14H2,1H3/t17-,18+/m1/s1. The van der Waals surface area contributed by atoms with Crippen molar-refractivity contribution in [3.8, 4) is 0 Å². The van der Waals surface area contributed by atoms with Crippen LogP contribution in [0.5, 0.6) is 0 Å². The van der Waals surface area contributed by atoms with Gasteiger partial charge >= 0.3 is 0 Å². The van der Waals surface area contributed by atoms with Crippen LogP contribution in [0, 0.1) is 0 Å². The second-order valence-electron chi connectivity index (χ2n) is 6.94. The molecule has 3 nitrogen and oxygen atoms in total. The first kappa shape index (κ1) is 16.8. The van der Waals surface area contributed by atoms with Crippen molar-refractivity contribution in [3.05, 3.63) is 34.9 Å². The lowest BCUT2D eigenvalue weighted by Gasteiger charge is -2.42. The van der Waals surface area contributed by atoms with Gasteiger partial charge in [-0.15, -0.1) is 0 Å². The fraction of sp³-hybridized carbons (Fsp3) is 0.632. The summed E-state index contributed by atoms with van der Waals surface area (Å²) >= 11 is 6.21. The Morgan fingerprint density at radius 1 is 1.17 bits per heavy atom. The Morgan fingerprint density at radius 3 is 2.61 bits per heavy atom. The first-order chi connectivity index (χ1) is 11.2. The van der Waals surface area contributed by atoms with E-state index in [1.54, 1.807) is 0 Å². The highest BCUT2D eigenvalue weighted by Gasteiger charge is 2.35. The topological polar surface area (TPSA) is 23.6 Å². The molecule has 1 amide bonds. The highest BCUT2D eigenvalue weighted by atomic mass is 35.5. The minimum Gasteiger partial charge on any atom is -0.341 e. The van der Waals surface area contributed by atoms with Crippen molar-refractivity contribution in [2.24, 2.45) is 0 Å². The van der Waals surface area contributed by atoms with Crippen LogP contribution in [-0.4, -0.2) is 47.9 Å². The number of hydrogen-bond donors (Lipinski definition) is 0. The van der Waals surface area contributed by atoms with Crippen LogP contribution >= 0.6 is 11.6 Å². The first-order valence-corrected chi connectivity index (χ1v) is 9.28. The number of benzene rings is 1. The van der Waals surface area contributed by atoms with Gasteiger partial charge in [0.15, 0.2) is 0 Å². The Morgan fingerprint density at radius 2 is 1.87 bits per heavy atom. The summed E-state index contributed by atoms with van der Waals surface area (Å²) in [6, 6.07) is 8.57. The molecule has 126 valence electrons. The van der Waals surface area contributed by atoms with Gasteiger partial charge in [0, 0.05) is 24.2 Å². The molecule has 1 aliphatic heterocycles. The van der Waals surface area contributed by atoms with Crippen LogP contribution in [0.25, 0.3) is 0 Å². The second-order valence-corrected chi connectivity index (χ2v) is 7.34. The minimum atomic E-state index is 0.189. The maximum atomic E-state index is 12.8. The van der Waals surface area contributed by atoms with Gasteiger partial charge in [-0.2, -0.15) is 0 Å². The number of carbonyl (C=O) groups excluding carboxylic acids is 1. The van der Waals surface area contributed by atoms with Gasteiger partial charge in [-0.25, -0.2) is 0 Å². The van der Waals surface area contributed by atoms with E-state index in [0.29, 0.717) is 23.5 Å². The molecule has 0 aromatic heterocycles. The van der Waals surface area contributed by atoms with Gasteiger partial charge in [0.1, 0.15) is 0 Å². The van der Waals surface area contributed by atoms with E-state index in [0.717, 1.165) is 12.0 Å². The predicted octanol–water partition coefficient (Wildman–Crippen LogP) is 3.75. The maximum Gasteiger partial charge on any atom is 0.227 e. The molecule has 1 aliphatic carbocycles. The first-order valence-electron chi connectivity index (χ1n) is 8.90. The minimum absolute atomic E-state index is 0.189. The quantitative estimate of drug-likeness (QED) is 0.837. The van der Waals surface area contributed by atoms with Crippen molar-refractivity contribution in [2.45, 2.75) is 57.0 Å². The summed E-state index contributed by atoms with van der Waals surface area (Å²) in [7, 11) is 1.98. The Labute approximate surface area is 144 Å². The number of halogens is 1. The molecule has 23 heavy (non-hydrogen) atoms. The van der Waals surface area contributed by atoms with Crippen LogP contribution in [0.15, 0.2) is 24.3 Å². The number of hydrogen-bond acceptors (Lipinski definition) is 2. The van der Waals surface area contributed by atoms with Crippen LogP contribution < -0.4 is 0 Å². The van der Waals surface area contributed by atoms with Gasteiger partial charge in [-0.05, 0) is 50.4 Å². The summed E-state index contributed by atoms with van der Waals surface area (Å²) in [6.45, 7) is 2.40. The number of likely N-dealkylation sites (N-methyl/N-ethyl adjacent to an activating group) is 1. The SMILES string of the molecule is CN(C(=O)Cc1ccccc1Cl)[C@@H]1CCCC[C@@H]1N1CCCC1. The largest absolute Gasteiger partial charge is 0.341 e. The number of nitrogens with zero attached hydrogens (tertiary/aromatic N) is 2. The van der Waals surface area contributed by atoms with Gasteiger partial charge in [0.2, 0.25) is 5.91 Å². The fourth-order valence-corrected chi connectivity index (χ4v) is 4.36. The smallest absolute Gasteiger partial charge is 0.227 e. The summed E-state index contributed by atoms with van der Waals surface area (Å²) in [5.41, 5.74) is 0.930.